The highest BCUT2D eigenvalue weighted by Gasteiger charge is 2.24. The molecule has 1 atom stereocenters. The minimum atomic E-state index is -0.590. The number of ether oxygens (including phenoxy) is 1. The summed E-state index contributed by atoms with van der Waals surface area (Å²) < 4.78 is 7.25. The summed E-state index contributed by atoms with van der Waals surface area (Å²) in [6.07, 6.45) is 0. The molecule has 1 aliphatic rings. The number of ketones is 1. The van der Waals surface area contributed by atoms with E-state index in [4.69, 9.17) is 4.74 Å². The van der Waals surface area contributed by atoms with E-state index in [9.17, 15) is 14.4 Å². The van der Waals surface area contributed by atoms with E-state index in [0.29, 0.717) is 16.8 Å². The number of thioether (sulfide) groups is 1. The lowest BCUT2D eigenvalue weighted by atomic mass is 10.1. The van der Waals surface area contributed by atoms with Gasteiger partial charge in [-0.2, -0.15) is 0 Å². The third-order valence-electron chi connectivity index (χ3n) is 4.67. The molecular weight excluding hydrogens is 364 g/mol. The van der Waals surface area contributed by atoms with E-state index in [0.717, 1.165) is 22.8 Å². The average Bonchev–Trinajstić information content (AvgIpc) is 2.93. The van der Waals surface area contributed by atoms with Gasteiger partial charge >= 0.3 is 5.97 Å². The van der Waals surface area contributed by atoms with Crippen LogP contribution in [0.2, 0.25) is 0 Å². The Morgan fingerprint density at radius 1 is 1.26 bits per heavy atom. The van der Waals surface area contributed by atoms with Crippen molar-refractivity contribution in [2.45, 2.75) is 44.4 Å². The molecule has 0 saturated carbocycles. The number of fused-ring (bicyclic) bond motifs is 1. The smallest absolute Gasteiger partial charge is 0.338 e. The molecule has 0 bridgehead atoms. The van der Waals surface area contributed by atoms with E-state index in [1.807, 2.05) is 38.3 Å². The van der Waals surface area contributed by atoms with Crippen LogP contribution < -0.4 is 5.32 Å². The van der Waals surface area contributed by atoms with Crippen LogP contribution in [0.15, 0.2) is 29.2 Å². The monoisotopic (exact) mass is 386 g/mol. The number of carbonyl (C=O) groups is 3. The maximum Gasteiger partial charge on any atom is 0.338 e. The molecule has 0 aliphatic carbocycles. The molecule has 1 N–H and O–H groups in total. The van der Waals surface area contributed by atoms with E-state index in [1.54, 1.807) is 18.2 Å². The second-order valence-corrected chi connectivity index (χ2v) is 7.87. The van der Waals surface area contributed by atoms with Crippen LogP contribution in [0, 0.1) is 13.8 Å². The van der Waals surface area contributed by atoms with Crippen molar-refractivity contribution in [3.8, 4) is 0 Å². The lowest BCUT2D eigenvalue weighted by Gasteiger charge is -2.21. The molecule has 0 fully saturated rings. The van der Waals surface area contributed by atoms with E-state index in [1.165, 1.54) is 11.8 Å². The number of benzene rings is 1. The number of rotatable bonds is 5. The highest BCUT2D eigenvalue weighted by Crippen LogP contribution is 2.36. The molecule has 1 aromatic carbocycles. The molecule has 142 valence electrons. The van der Waals surface area contributed by atoms with Crippen molar-refractivity contribution in [1.82, 2.24) is 4.57 Å². The van der Waals surface area contributed by atoms with E-state index in [-0.39, 0.29) is 23.5 Å². The zero-order chi connectivity index (χ0) is 19.7. The van der Waals surface area contributed by atoms with Crippen molar-refractivity contribution < 1.29 is 19.1 Å². The van der Waals surface area contributed by atoms with Crippen LogP contribution in [0.4, 0.5) is 5.69 Å². The summed E-state index contributed by atoms with van der Waals surface area (Å²) >= 11 is 1.44. The zero-order valence-electron chi connectivity index (χ0n) is 15.8. The largest absolute Gasteiger partial charge is 0.454 e. The van der Waals surface area contributed by atoms with Crippen LogP contribution in [-0.4, -0.2) is 34.1 Å². The molecule has 0 radical (unpaired) electrons. The van der Waals surface area contributed by atoms with Crippen LogP contribution in [0.3, 0.4) is 0 Å². The zero-order valence-corrected chi connectivity index (χ0v) is 16.6. The highest BCUT2D eigenvalue weighted by atomic mass is 32.2. The second-order valence-electron chi connectivity index (χ2n) is 6.49. The van der Waals surface area contributed by atoms with E-state index in [2.05, 4.69) is 5.32 Å². The molecule has 1 amide bonds. The SMILES string of the molecule is CCn1c(C)cc(C(=O)COC(=O)c2ccc3c(c2)NC(=O)C(C)S3)c1C. The predicted molar refractivity (Wildman–Crippen MR) is 105 cm³/mol. The van der Waals surface area contributed by atoms with Gasteiger partial charge in [0.05, 0.1) is 16.5 Å². The van der Waals surface area contributed by atoms with Gasteiger partial charge in [-0.15, -0.1) is 11.8 Å². The molecule has 2 heterocycles. The van der Waals surface area contributed by atoms with Crippen molar-refractivity contribution in [2.24, 2.45) is 0 Å². The standard InChI is InChI=1S/C20H22N2O4S/c1-5-22-11(2)8-15(12(22)3)17(23)10-26-20(25)14-6-7-18-16(9-14)21-19(24)13(4)27-18/h6-9,13H,5,10H2,1-4H3,(H,21,24). The summed E-state index contributed by atoms with van der Waals surface area (Å²) in [4.78, 5) is 37.5. The van der Waals surface area contributed by atoms with Crippen LogP contribution in [0.1, 0.15) is 46.0 Å². The number of aromatic nitrogens is 1. The fraction of sp³-hybridized carbons (Fsp3) is 0.350. The number of nitrogens with zero attached hydrogens (tertiary/aromatic N) is 1. The first-order chi connectivity index (χ1) is 12.8. The van der Waals surface area contributed by atoms with Gasteiger partial charge in [0.25, 0.3) is 0 Å². The minimum Gasteiger partial charge on any atom is -0.454 e. The van der Waals surface area contributed by atoms with Crippen LogP contribution in [0.5, 0.6) is 0 Å². The minimum absolute atomic E-state index is 0.0977. The first-order valence-corrected chi connectivity index (χ1v) is 9.68. The van der Waals surface area contributed by atoms with E-state index < -0.39 is 5.97 Å². The fourth-order valence-electron chi connectivity index (χ4n) is 3.20. The van der Waals surface area contributed by atoms with Gasteiger partial charge in [-0.1, -0.05) is 0 Å². The number of nitrogens with one attached hydrogen (secondary N) is 1. The number of carbonyl (C=O) groups excluding carboxylic acids is 3. The molecular formula is C20H22N2O4S. The molecule has 1 aromatic heterocycles. The van der Waals surface area contributed by atoms with Gasteiger partial charge < -0.3 is 14.6 Å². The fourth-order valence-corrected chi connectivity index (χ4v) is 4.13. The Morgan fingerprint density at radius 3 is 2.67 bits per heavy atom. The Bertz CT molecular complexity index is 932. The summed E-state index contributed by atoms with van der Waals surface area (Å²) in [7, 11) is 0. The van der Waals surface area contributed by atoms with Crippen molar-refractivity contribution in [3.63, 3.8) is 0 Å². The second kappa shape index (κ2) is 7.60. The third-order valence-corrected chi connectivity index (χ3v) is 5.85. The van der Waals surface area contributed by atoms with Gasteiger partial charge in [-0.25, -0.2) is 4.79 Å². The molecule has 27 heavy (non-hydrogen) atoms. The van der Waals surface area contributed by atoms with Gasteiger partial charge in [0.15, 0.2) is 6.61 Å². The average molecular weight is 386 g/mol. The van der Waals surface area contributed by atoms with Crippen molar-refractivity contribution >= 4 is 35.1 Å². The molecule has 6 nitrogen and oxygen atoms in total. The number of amides is 1. The molecule has 7 heteroatoms. The van der Waals surface area contributed by atoms with Gasteiger partial charge in [0.1, 0.15) is 0 Å². The number of anilines is 1. The Balaban J connectivity index is 1.69. The summed E-state index contributed by atoms with van der Waals surface area (Å²) in [6.45, 7) is 8.13. The highest BCUT2D eigenvalue weighted by molar-refractivity contribution is 8.00. The number of Topliss-reactive ketones (excluding diaryl/α,β-unsaturated/α-hetero) is 1. The number of hydrogen-bond acceptors (Lipinski definition) is 5. The lowest BCUT2D eigenvalue weighted by Crippen LogP contribution is -2.26. The van der Waals surface area contributed by atoms with Crippen molar-refractivity contribution in [1.29, 1.82) is 0 Å². The molecule has 0 spiro atoms. The summed E-state index contributed by atoms with van der Waals surface area (Å²) in [5.41, 5.74) is 3.34. The molecule has 1 unspecified atom stereocenters. The quantitative estimate of drug-likeness (QED) is 0.628. The molecule has 1 aliphatic heterocycles. The molecule has 3 rings (SSSR count). The van der Waals surface area contributed by atoms with Crippen LogP contribution in [-0.2, 0) is 16.1 Å². The Kier molecular flexibility index (Phi) is 5.41. The predicted octanol–water partition coefficient (Wildman–Crippen LogP) is 3.60. The topological polar surface area (TPSA) is 77.4 Å². The maximum absolute atomic E-state index is 12.4. The van der Waals surface area contributed by atoms with E-state index >= 15 is 0 Å². The van der Waals surface area contributed by atoms with Gasteiger partial charge in [-0.05, 0) is 52.0 Å². The maximum atomic E-state index is 12.4. The van der Waals surface area contributed by atoms with Gasteiger partial charge in [0, 0.05) is 28.4 Å². The summed E-state index contributed by atoms with van der Waals surface area (Å²) in [5, 5.41) is 2.61. The summed E-state index contributed by atoms with van der Waals surface area (Å²) in [6, 6.07) is 6.83. The van der Waals surface area contributed by atoms with Crippen molar-refractivity contribution in [3.05, 3.63) is 46.8 Å². The lowest BCUT2D eigenvalue weighted by molar-refractivity contribution is -0.115. The first kappa shape index (κ1) is 19.2. The Hall–Kier alpha value is -2.54. The Labute approximate surface area is 162 Å². The van der Waals surface area contributed by atoms with Gasteiger partial charge in [0.2, 0.25) is 11.7 Å². The summed E-state index contributed by atoms with van der Waals surface area (Å²) in [5.74, 6) is -0.917. The molecule has 2 aromatic rings. The van der Waals surface area contributed by atoms with Crippen LogP contribution in [0.25, 0.3) is 0 Å². The number of aryl methyl sites for hydroxylation is 1. The van der Waals surface area contributed by atoms with Crippen LogP contribution >= 0.6 is 11.8 Å². The normalized spacial score (nSPS) is 15.9. The number of esters is 1. The Morgan fingerprint density at radius 2 is 2.00 bits per heavy atom. The van der Waals surface area contributed by atoms with Gasteiger partial charge in [-0.3, -0.25) is 9.59 Å². The number of hydrogen-bond donors (Lipinski definition) is 1. The van der Waals surface area contributed by atoms with Crippen molar-refractivity contribution in [2.75, 3.05) is 11.9 Å². The first-order valence-electron chi connectivity index (χ1n) is 8.80. The third kappa shape index (κ3) is 3.78. The molecule has 0 saturated heterocycles.